The quantitative estimate of drug-likeness (QED) is 0.725. The van der Waals surface area contributed by atoms with Gasteiger partial charge in [-0.3, -0.25) is 4.79 Å². The number of hydrogen-bond acceptors (Lipinski definition) is 3. The van der Waals surface area contributed by atoms with E-state index in [1.807, 2.05) is 0 Å². The molecule has 112 valence electrons. The van der Waals surface area contributed by atoms with Crippen LogP contribution in [0.4, 0.5) is 0 Å². The van der Waals surface area contributed by atoms with Crippen molar-refractivity contribution in [1.29, 1.82) is 0 Å². The van der Waals surface area contributed by atoms with Gasteiger partial charge in [0, 0.05) is 19.7 Å². The SMILES string of the molecule is COCCNCC(=O)N[C@@H]1CCCC[C@H]1C(C)(C)C. The topological polar surface area (TPSA) is 50.4 Å². The molecule has 0 aromatic carbocycles. The van der Waals surface area contributed by atoms with Crippen molar-refractivity contribution in [2.45, 2.75) is 52.5 Å². The highest BCUT2D eigenvalue weighted by atomic mass is 16.5. The van der Waals surface area contributed by atoms with Gasteiger partial charge in [-0.15, -0.1) is 0 Å². The molecule has 4 heteroatoms. The Hall–Kier alpha value is -0.610. The maximum atomic E-state index is 11.9. The van der Waals surface area contributed by atoms with Crippen molar-refractivity contribution in [2.24, 2.45) is 11.3 Å². The fraction of sp³-hybridized carbons (Fsp3) is 0.933. The number of carbonyl (C=O) groups is 1. The van der Waals surface area contributed by atoms with Crippen molar-refractivity contribution in [3.05, 3.63) is 0 Å². The van der Waals surface area contributed by atoms with Gasteiger partial charge in [0.15, 0.2) is 0 Å². The van der Waals surface area contributed by atoms with Crippen LogP contribution in [0.25, 0.3) is 0 Å². The smallest absolute Gasteiger partial charge is 0.234 e. The Morgan fingerprint density at radius 1 is 1.26 bits per heavy atom. The van der Waals surface area contributed by atoms with Crippen LogP contribution >= 0.6 is 0 Å². The molecule has 0 unspecified atom stereocenters. The number of carbonyl (C=O) groups excluding carboxylic acids is 1. The molecule has 1 rings (SSSR count). The zero-order valence-corrected chi connectivity index (χ0v) is 12.9. The normalized spacial score (nSPS) is 24.2. The molecule has 0 saturated heterocycles. The molecule has 2 N–H and O–H groups in total. The Balaban J connectivity index is 2.38. The van der Waals surface area contributed by atoms with Crippen LogP contribution in [0.1, 0.15) is 46.5 Å². The predicted molar refractivity (Wildman–Crippen MR) is 78.1 cm³/mol. The maximum absolute atomic E-state index is 11.9. The van der Waals surface area contributed by atoms with Crippen LogP contribution in [-0.4, -0.2) is 38.8 Å². The summed E-state index contributed by atoms with van der Waals surface area (Å²) >= 11 is 0. The predicted octanol–water partition coefficient (Wildman–Crippen LogP) is 1.94. The van der Waals surface area contributed by atoms with Gasteiger partial charge in [0.25, 0.3) is 0 Å². The van der Waals surface area contributed by atoms with Gasteiger partial charge >= 0.3 is 0 Å². The van der Waals surface area contributed by atoms with E-state index in [-0.39, 0.29) is 11.3 Å². The molecule has 19 heavy (non-hydrogen) atoms. The fourth-order valence-corrected chi connectivity index (χ4v) is 2.97. The third-order valence-electron chi connectivity index (χ3n) is 3.99. The van der Waals surface area contributed by atoms with E-state index >= 15 is 0 Å². The first kappa shape index (κ1) is 16.4. The van der Waals surface area contributed by atoms with Gasteiger partial charge in [-0.1, -0.05) is 33.6 Å². The number of nitrogens with one attached hydrogen (secondary N) is 2. The molecule has 2 atom stereocenters. The van der Waals surface area contributed by atoms with Crippen LogP contribution in [0.3, 0.4) is 0 Å². The molecule has 0 aliphatic heterocycles. The van der Waals surface area contributed by atoms with Crippen molar-refractivity contribution < 1.29 is 9.53 Å². The van der Waals surface area contributed by atoms with Gasteiger partial charge in [0.05, 0.1) is 13.2 Å². The summed E-state index contributed by atoms with van der Waals surface area (Å²) < 4.78 is 4.94. The first-order valence-corrected chi connectivity index (χ1v) is 7.44. The summed E-state index contributed by atoms with van der Waals surface area (Å²) in [4.78, 5) is 11.9. The van der Waals surface area contributed by atoms with E-state index in [1.165, 1.54) is 19.3 Å². The number of amides is 1. The molecule has 0 heterocycles. The average Bonchev–Trinajstić information content (AvgIpc) is 2.34. The Labute approximate surface area is 117 Å². The number of methoxy groups -OCH3 is 1. The van der Waals surface area contributed by atoms with Crippen molar-refractivity contribution in [2.75, 3.05) is 26.8 Å². The first-order valence-electron chi connectivity index (χ1n) is 7.44. The van der Waals surface area contributed by atoms with E-state index in [4.69, 9.17) is 4.74 Å². The van der Waals surface area contributed by atoms with Crippen molar-refractivity contribution in [3.63, 3.8) is 0 Å². The number of rotatable bonds is 6. The lowest BCUT2D eigenvalue weighted by Gasteiger charge is -2.40. The van der Waals surface area contributed by atoms with Gasteiger partial charge in [-0.25, -0.2) is 0 Å². The molecule has 1 saturated carbocycles. The summed E-state index contributed by atoms with van der Waals surface area (Å²) in [6, 6.07) is 0.338. The summed E-state index contributed by atoms with van der Waals surface area (Å²) in [5.41, 5.74) is 0.266. The summed E-state index contributed by atoms with van der Waals surface area (Å²) in [5.74, 6) is 0.696. The van der Waals surface area contributed by atoms with Crippen molar-refractivity contribution in [3.8, 4) is 0 Å². The molecule has 0 radical (unpaired) electrons. The minimum atomic E-state index is 0.109. The summed E-state index contributed by atoms with van der Waals surface area (Å²) in [7, 11) is 1.66. The van der Waals surface area contributed by atoms with E-state index in [9.17, 15) is 4.79 Å². The average molecular weight is 270 g/mol. The second-order valence-electron chi connectivity index (χ2n) is 6.60. The second kappa shape index (κ2) is 7.85. The van der Waals surface area contributed by atoms with Crippen LogP contribution in [-0.2, 0) is 9.53 Å². The molecular formula is C15H30N2O2. The van der Waals surface area contributed by atoms with E-state index < -0.39 is 0 Å². The molecule has 0 aromatic heterocycles. The van der Waals surface area contributed by atoms with Gasteiger partial charge in [0.2, 0.25) is 5.91 Å². The first-order chi connectivity index (χ1) is 8.95. The minimum absolute atomic E-state index is 0.109. The van der Waals surface area contributed by atoms with Gasteiger partial charge in [-0.2, -0.15) is 0 Å². The molecule has 1 aliphatic carbocycles. The zero-order valence-electron chi connectivity index (χ0n) is 12.9. The minimum Gasteiger partial charge on any atom is -0.383 e. The molecule has 0 spiro atoms. The lowest BCUT2D eigenvalue weighted by Crippen LogP contribution is -2.49. The van der Waals surface area contributed by atoms with Gasteiger partial charge < -0.3 is 15.4 Å². The Morgan fingerprint density at radius 3 is 2.58 bits per heavy atom. The molecule has 0 aromatic rings. The highest BCUT2D eigenvalue weighted by molar-refractivity contribution is 5.78. The summed E-state index contributed by atoms with van der Waals surface area (Å²) in [6.07, 6.45) is 4.87. The summed E-state index contributed by atoms with van der Waals surface area (Å²) in [6.45, 7) is 8.58. The van der Waals surface area contributed by atoms with E-state index in [0.717, 1.165) is 13.0 Å². The molecule has 4 nitrogen and oxygen atoms in total. The van der Waals surface area contributed by atoms with Crippen molar-refractivity contribution >= 4 is 5.91 Å². The van der Waals surface area contributed by atoms with E-state index in [2.05, 4.69) is 31.4 Å². The number of ether oxygens (including phenoxy) is 1. The third-order valence-corrected chi connectivity index (χ3v) is 3.99. The third kappa shape index (κ3) is 5.91. The van der Waals surface area contributed by atoms with Gasteiger partial charge in [0.1, 0.15) is 0 Å². The maximum Gasteiger partial charge on any atom is 0.234 e. The Kier molecular flexibility index (Phi) is 6.80. The van der Waals surface area contributed by atoms with Crippen LogP contribution in [0.5, 0.6) is 0 Å². The monoisotopic (exact) mass is 270 g/mol. The molecule has 1 fully saturated rings. The van der Waals surface area contributed by atoms with Crippen LogP contribution in [0.15, 0.2) is 0 Å². The van der Waals surface area contributed by atoms with E-state index in [1.54, 1.807) is 7.11 Å². The fourth-order valence-electron chi connectivity index (χ4n) is 2.97. The lowest BCUT2D eigenvalue weighted by atomic mass is 9.69. The van der Waals surface area contributed by atoms with Crippen LogP contribution < -0.4 is 10.6 Å². The molecule has 1 amide bonds. The summed E-state index contributed by atoms with van der Waals surface area (Å²) in [5, 5.41) is 6.30. The number of hydrogen-bond donors (Lipinski definition) is 2. The van der Waals surface area contributed by atoms with Crippen LogP contribution in [0, 0.1) is 11.3 Å². The highest BCUT2D eigenvalue weighted by Crippen LogP contribution is 2.37. The Bertz CT molecular complexity index is 274. The Morgan fingerprint density at radius 2 is 1.95 bits per heavy atom. The van der Waals surface area contributed by atoms with E-state index in [0.29, 0.717) is 25.1 Å². The molecule has 0 bridgehead atoms. The molecular weight excluding hydrogens is 240 g/mol. The largest absolute Gasteiger partial charge is 0.383 e. The second-order valence-corrected chi connectivity index (χ2v) is 6.60. The lowest BCUT2D eigenvalue weighted by molar-refractivity contribution is -0.122. The standard InChI is InChI=1S/C15H30N2O2/c1-15(2,3)12-7-5-6-8-13(12)17-14(18)11-16-9-10-19-4/h12-13,16H,5-11H2,1-4H3,(H,17,18)/t12-,13-/m1/s1. The van der Waals surface area contributed by atoms with Crippen LogP contribution in [0.2, 0.25) is 0 Å². The van der Waals surface area contributed by atoms with Gasteiger partial charge in [-0.05, 0) is 24.2 Å². The zero-order chi connectivity index (χ0) is 14.3. The van der Waals surface area contributed by atoms with Crippen molar-refractivity contribution in [1.82, 2.24) is 10.6 Å². The molecule has 1 aliphatic rings. The highest BCUT2D eigenvalue weighted by Gasteiger charge is 2.34.